The first-order valence-corrected chi connectivity index (χ1v) is 9.81. The number of pyridine rings is 1. The van der Waals surface area contributed by atoms with Crippen molar-refractivity contribution in [1.29, 1.82) is 0 Å². The van der Waals surface area contributed by atoms with E-state index in [1.165, 1.54) is 11.1 Å². The van der Waals surface area contributed by atoms with Crippen molar-refractivity contribution < 1.29 is 4.79 Å². The molecule has 27 heavy (non-hydrogen) atoms. The van der Waals surface area contributed by atoms with Crippen LogP contribution in [0.25, 0.3) is 0 Å². The lowest BCUT2D eigenvalue weighted by Gasteiger charge is -2.36. The molecular formula is C22H30N4O. The quantitative estimate of drug-likeness (QED) is 0.854. The summed E-state index contributed by atoms with van der Waals surface area (Å²) >= 11 is 0. The van der Waals surface area contributed by atoms with E-state index >= 15 is 0 Å². The number of hydrogen-bond acceptors (Lipinski definition) is 3. The van der Waals surface area contributed by atoms with Crippen LogP contribution < -0.4 is 10.2 Å². The van der Waals surface area contributed by atoms with Crippen molar-refractivity contribution >= 4 is 17.4 Å². The number of carbonyl (C=O) groups is 1. The van der Waals surface area contributed by atoms with Gasteiger partial charge in [0.1, 0.15) is 0 Å². The topological polar surface area (TPSA) is 48.5 Å². The number of aromatic nitrogens is 1. The van der Waals surface area contributed by atoms with Crippen LogP contribution in [-0.4, -0.2) is 42.1 Å². The van der Waals surface area contributed by atoms with Gasteiger partial charge in [0.15, 0.2) is 0 Å². The number of amides is 2. The predicted molar refractivity (Wildman–Crippen MR) is 112 cm³/mol. The van der Waals surface area contributed by atoms with Crippen LogP contribution >= 0.6 is 0 Å². The van der Waals surface area contributed by atoms with Gasteiger partial charge in [-0.1, -0.05) is 45.9 Å². The molecule has 2 amide bonds. The Labute approximate surface area is 162 Å². The molecule has 1 aliphatic rings. The van der Waals surface area contributed by atoms with Crippen molar-refractivity contribution in [2.24, 2.45) is 0 Å². The van der Waals surface area contributed by atoms with Crippen molar-refractivity contribution in [1.82, 2.24) is 9.88 Å². The number of para-hydroxylation sites is 1. The highest BCUT2D eigenvalue weighted by Gasteiger charge is 2.23. The zero-order valence-electron chi connectivity index (χ0n) is 16.8. The zero-order valence-corrected chi connectivity index (χ0v) is 16.8. The molecule has 0 unspecified atom stereocenters. The smallest absolute Gasteiger partial charge is 0.321 e. The molecule has 2 heterocycles. The predicted octanol–water partition coefficient (Wildman–Crippen LogP) is 4.68. The number of carbonyl (C=O) groups excluding carboxylic acids is 1. The molecule has 1 aliphatic heterocycles. The Morgan fingerprint density at radius 3 is 2.00 bits per heavy atom. The standard InChI is InChI=1S/C22H30N4O/c1-16(2)19-6-5-7-20(17(3)4)21(19)24-22(27)26-14-12-25(13-15-26)18-8-10-23-11-9-18/h5-11,16-17H,12-15H2,1-4H3,(H,24,27). The SMILES string of the molecule is CC(C)c1cccc(C(C)C)c1NC(=O)N1CCN(c2ccncc2)CC1. The van der Waals surface area contributed by atoms with Crippen LogP contribution in [0, 0.1) is 0 Å². The lowest BCUT2D eigenvalue weighted by molar-refractivity contribution is 0.208. The molecular weight excluding hydrogens is 336 g/mol. The van der Waals surface area contributed by atoms with Crippen molar-refractivity contribution in [2.75, 3.05) is 36.4 Å². The summed E-state index contributed by atoms with van der Waals surface area (Å²) in [6.45, 7) is 11.8. The molecule has 2 aromatic rings. The highest BCUT2D eigenvalue weighted by Crippen LogP contribution is 2.32. The highest BCUT2D eigenvalue weighted by atomic mass is 16.2. The van der Waals surface area contributed by atoms with E-state index in [4.69, 9.17) is 0 Å². The Balaban J connectivity index is 1.70. The molecule has 0 aliphatic carbocycles. The number of nitrogens with one attached hydrogen (secondary N) is 1. The van der Waals surface area contributed by atoms with Gasteiger partial charge in [-0.2, -0.15) is 0 Å². The Bertz CT molecular complexity index is 739. The molecule has 5 nitrogen and oxygen atoms in total. The second-order valence-corrected chi connectivity index (χ2v) is 7.73. The zero-order chi connectivity index (χ0) is 19.4. The summed E-state index contributed by atoms with van der Waals surface area (Å²) in [4.78, 5) is 21.2. The van der Waals surface area contributed by atoms with Gasteiger partial charge in [0, 0.05) is 49.9 Å². The summed E-state index contributed by atoms with van der Waals surface area (Å²) in [5, 5.41) is 3.22. The fraction of sp³-hybridized carbons (Fsp3) is 0.455. The average Bonchev–Trinajstić information content (AvgIpc) is 2.68. The van der Waals surface area contributed by atoms with E-state index in [1.54, 1.807) is 0 Å². The molecule has 1 aromatic carbocycles. The van der Waals surface area contributed by atoms with Crippen molar-refractivity contribution in [3.63, 3.8) is 0 Å². The second kappa shape index (κ2) is 8.42. The number of rotatable bonds is 4. The van der Waals surface area contributed by atoms with Crippen LogP contribution in [0.2, 0.25) is 0 Å². The van der Waals surface area contributed by atoms with Gasteiger partial charge in [0.25, 0.3) is 0 Å². The van der Waals surface area contributed by atoms with Gasteiger partial charge < -0.3 is 15.1 Å². The molecule has 3 rings (SSSR count). The summed E-state index contributed by atoms with van der Waals surface area (Å²) in [5.41, 5.74) is 4.55. The third-order valence-electron chi connectivity index (χ3n) is 5.20. The first-order chi connectivity index (χ1) is 13.0. The molecule has 5 heteroatoms. The number of benzene rings is 1. The first-order valence-electron chi connectivity index (χ1n) is 9.81. The maximum Gasteiger partial charge on any atom is 0.321 e. The summed E-state index contributed by atoms with van der Waals surface area (Å²) in [7, 11) is 0. The van der Waals surface area contributed by atoms with Gasteiger partial charge in [-0.05, 0) is 35.1 Å². The minimum absolute atomic E-state index is 0.000576. The molecule has 1 N–H and O–H groups in total. The van der Waals surface area contributed by atoms with Crippen LogP contribution in [0.4, 0.5) is 16.2 Å². The number of hydrogen-bond donors (Lipinski definition) is 1. The monoisotopic (exact) mass is 366 g/mol. The minimum atomic E-state index is -0.000576. The van der Waals surface area contributed by atoms with E-state index in [2.05, 4.69) is 61.1 Å². The van der Waals surface area contributed by atoms with E-state index in [0.717, 1.165) is 37.6 Å². The fourth-order valence-electron chi connectivity index (χ4n) is 3.60. The highest BCUT2D eigenvalue weighted by molar-refractivity contribution is 5.91. The lowest BCUT2D eigenvalue weighted by Crippen LogP contribution is -2.50. The largest absolute Gasteiger partial charge is 0.368 e. The number of piperazine rings is 1. The molecule has 0 spiro atoms. The van der Waals surface area contributed by atoms with Gasteiger partial charge in [-0.3, -0.25) is 4.98 Å². The van der Waals surface area contributed by atoms with Gasteiger partial charge in [-0.25, -0.2) is 4.79 Å². The van der Waals surface area contributed by atoms with Crippen molar-refractivity contribution in [3.05, 3.63) is 53.9 Å². The average molecular weight is 367 g/mol. The molecule has 0 saturated carbocycles. The Morgan fingerprint density at radius 2 is 1.48 bits per heavy atom. The van der Waals surface area contributed by atoms with E-state index in [0.29, 0.717) is 11.8 Å². The lowest BCUT2D eigenvalue weighted by atomic mass is 9.93. The number of anilines is 2. The second-order valence-electron chi connectivity index (χ2n) is 7.73. The van der Waals surface area contributed by atoms with Gasteiger partial charge >= 0.3 is 6.03 Å². The van der Waals surface area contributed by atoms with Gasteiger partial charge in [-0.15, -0.1) is 0 Å². The number of nitrogens with zero attached hydrogens (tertiary/aromatic N) is 3. The molecule has 1 aromatic heterocycles. The Hall–Kier alpha value is -2.56. The van der Waals surface area contributed by atoms with Crippen molar-refractivity contribution in [3.8, 4) is 0 Å². The minimum Gasteiger partial charge on any atom is -0.368 e. The van der Waals surface area contributed by atoms with Gasteiger partial charge in [0.05, 0.1) is 0 Å². The Kier molecular flexibility index (Phi) is 5.99. The summed E-state index contributed by atoms with van der Waals surface area (Å²) in [6.07, 6.45) is 3.62. The van der Waals surface area contributed by atoms with E-state index < -0.39 is 0 Å². The maximum absolute atomic E-state index is 12.9. The maximum atomic E-state index is 12.9. The molecule has 144 valence electrons. The third-order valence-corrected chi connectivity index (χ3v) is 5.20. The van der Waals surface area contributed by atoms with E-state index in [9.17, 15) is 4.79 Å². The summed E-state index contributed by atoms with van der Waals surface area (Å²) in [5.74, 6) is 0.727. The fourth-order valence-corrected chi connectivity index (χ4v) is 3.60. The molecule has 1 saturated heterocycles. The third kappa shape index (κ3) is 4.41. The van der Waals surface area contributed by atoms with Crippen LogP contribution in [-0.2, 0) is 0 Å². The number of urea groups is 1. The van der Waals surface area contributed by atoms with E-state index in [1.807, 2.05) is 29.4 Å². The van der Waals surface area contributed by atoms with Crippen LogP contribution in [0.1, 0.15) is 50.7 Å². The molecule has 0 bridgehead atoms. The van der Waals surface area contributed by atoms with E-state index in [-0.39, 0.29) is 6.03 Å². The first kappa shape index (κ1) is 19.2. The van der Waals surface area contributed by atoms with Crippen LogP contribution in [0.5, 0.6) is 0 Å². The summed E-state index contributed by atoms with van der Waals surface area (Å²) < 4.78 is 0. The molecule has 0 radical (unpaired) electrons. The molecule has 1 fully saturated rings. The van der Waals surface area contributed by atoms with Crippen LogP contribution in [0.3, 0.4) is 0 Å². The Morgan fingerprint density at radius 1 is 0.926 bits per heavy atom. The molecule has 0 atom stereocenters. The van der Waals surface area contributed by atoms with Crippen molar-refractivity contribution in [2.45, 2.75) is 39.5 Å². The normalized spacial score (nSPS) is 14.7. The van der Waals surface area contributed by atoms with Gasteiger partial charge in [0.2, 0.25) is 0 Å². The van der Waals surface area contributed by atoms with Crippen LogP contribution in [0.15, 0.2) is 42.7 Å². The summed E-state index contributed by atoms with van der Waals surface area (Å²) in [6, 6.07) is 10.4.